The van der Waals surface area contributed by atoms with Crippen molar-refractivity contribution in [2.45, 2.75) is 45.2 Å². The van der Waals surface area contributed by atoms with Gasteiger partial charge in [0.25, 0.3) is 0 Å². The third-order valence-electron chi connectivity index (χ3n) is 5.17. The van der Waals surface area contributed by atoms with Crippen LogP contribution in [0.25, 0.3) is 0 Å². The van der Waals surface area contributed by atoms with Crippen molar-refractivity contribution in [3.05, 3.63) is 35.4 Å². The molecule has 3 atom stereocenters. The minimum atomic E-state index is -0.0366. The van der Waals surface area contributed by atoms with Gasteiger partial charge in [-0.1, -0.05) is 38.1 Å². The first kappa shape index (κ1) is 15.3. The summed E-state index contributed by atoms with van der Waals surface area (Å²) >= 11 is 0. The fraction of sp³-hybridized carbons (Fsp3) is 0.611. The van der Waals surface area contributed by atoms with Crippen LogP contribution in [0.5, 0.6) is 0 Å². The number of rotatable bonds is 4. The molecule has 2 fully saturated rings. The van der Waals surface area contributed by atoms with Crippen LogP contribution in [0, 0.1) is 11.8 Å². The largest absolute Gasteiger partial charge is 0.335 e. The minimum Gasteiger partial charge on any atom is -0.335 e. The second-order valence-corrected chi connectivity index (χ2v) is 6.99. The SMILES string of the molecule is CC(C)c1ccc(CNC(=O)NC2CCC3CNCC32)cc1. The summed E-state index contributed by atoms with van der Waals surface area (Å²) in [7, 11) is 0. The zero-order valence-electron chi connectivity index (χ0n) is 13.6. The van der Waals surface area contributed by atoms with Gasteiger partial charge in [0.15, 0.2) is 0 Å². The van der Waals surface area contributed by atoms with Gasteiger partial charge in [0, 0.05) is 19.1 Å². The lowest BCUT2D eigenvalue weighted by atomic mass is 9.98. The highest BCUT2D eigenvalue weighted by Gasteiger charge is 2.39. The zero-order chi connectivity index (χ0) is 15.5. The second-order valence-electron chi connectivity index (χ2n) is 6.99. The zero-order valence-corrected chi connectivity index (χ0v) is 13.6. The van der Waals surface area contributed by atoms with Crippen molar-refractivity contribution in [1.82, 2.24) is 16.0 Å². The quantitative estimate of drug-likeness (QED) is 0.801. The number of nitrogens with one attached hydrogen (secondary N) is 3. The van der Waals surface area contributed by atoms with Crippen molar-refractivity contribution in [3.8, 4) is 0 Å². The van der Waals surface area contributed by atoms with E-state index in [4.69, 9.17) is 0 Å². The standard InChI is InChI=1S/C18H27N3O/c1-12(2)14-5-3-13(4-6-14)9-20-18(22)21-17-8-7-15-10-19-11-16(15)17/h3-6,12,15-17,19H,7-11H2,1-2H3,(H2,20,21,22). The van der Waals surface area contributed by atoms with Crippen LogP contribution >= 0.6 is 0 Å². The molecule has 0 spiro atoms. The Kier molecular flexibility index (Phi) is 4.67. The molecule has 4 heteroatoms. The van der Waals surface area contributed by atoms with Gasteiger partial charge in [0.2, 0.25) is 0 Å². The van der Waals surface area contributed by atoms with Gasteiger partial charge in [-0.25, -0.2) is 4.79 Å². The first-order valence-electron chi connectivity index (χ1n) is 8.47. The number of fused-ring (bicyclic) bond motifs is 1. The molecule has 3 N–H and O–H groups in total. The van der Waals surface area contributed by atoms with E-state index in [2.05, 4.69) is 54.1 Å². The summed E-state index contributed by atoms with van der Waals surface area (Å²) in [4.78, 5) is 12.1. The highest BCUT2D eigenvalue weighted by molar-refractivity contribution is 5.74. The number of hydrogen-bond acceptors (Lipinski definition) is 2. The maximum Gasteiger partial charge on any atom is 0.315 e. The Labute approximate surface area is 133 Å². The molecule has 1 aliphatic heterocycles. The van der Waals surface area contributed by atoms with Gasteiger partial charge in [0.05, 0.1) is 0 Å². The number of urea groups is 1. The first-order valence-corrected chi connectivity index (χ1v) is 8.47. The molecule has 3 unspecified atom stereocenters. The van der Waals surface area contributed by atoms with Crippen LogP contribution in [-0.2, 0) is 6.54 Å². The van der Waals surface area contributed by atoms with Crippen LogP contribution in [-0.4, -0.2) is 25.2 Å². The van der Waals surface area contributed by atoms with Crippen LogP contribution in [0.15, 0.2) is 24.3 Å². The second kappa shape index (κ2) is 6.69. The van der Waals surface area contributed by atoms with Crippen molar-refractivity contribution in [2.24, 2.45) is 11.8 Å². The molecule has 2 aliphatic rings. The molecule has 22 heavy (non-hydrogen) atoms. The summed E-state index contributed by atoms with van der Waals surface area (Å²) in [5.74, 6) is 1.92. The summed E-state index contributed by atoms with van der Waals surface area (Å²) in [6.07, 6.45) is 2.35. The first-order chi connectivity index (χ1) is 10.6. The third-order valence-corrected chi connectivity index (χ3v) is 5.17. The van der Waals surface area contributed by atoms with E-state index in [0.29, 0.717) is 24.4 Å². The average molecular weight is 301 g/mol. The Morgan fingerprint density at radius 2 is 2.00 bits per heavy atom. The molecule has 1 saturated heterocycles. The number of amides is 2. The van der Waals surface area contributed by atoms with Crippen LogP contribution in [0.3, 0.4) is 0 Å². The summed E-state index contributed by atoms with van der Waals surface area (Å²) in [5, 5.41) is 9.57. The number of hydrogen-bond donors (Lipinski definition) is 3. The molecule has 1 aromatic carbocycles. The lowest BCUT2D eigenvalue weighted by Crippen LogP contribution is -2.44. The van der Waals surface area contributed by atoms with Crippen LogP contribution in [0.1, 0.15) is 43.7 Å². The fourth-order valence-electron chi connectivity index (χ4n) is 3.75. The van der Waals surface area contributed by atoms with E-state index in [-0.39, 0.29) is 6.03 Å². The molecule has 1 aliphatic carbocycles. The summed E-state index contributed by atoms with van der Waals surface area (Å²) in [6, 6.07) is 8.79. The molecule has 1 heterocycles. The highest BCUT2D eigenvalue weighted by Crippen LogP contribution is 2.34. The smallest absolute Gasteiger partial charge is 0.315 e. The maximum absolute atomic E-state index is 12.1. The van der Waals surface area contributed by atoms with Crippen molar-refractivity contribution >= 4 is 6.03 Å². The molecule has 4 nitrogen and oxygen atoms in total. The maximum atomic E-state index is 12.1. The number of benzene rings is 1. The molecule has 1 saturated carbocycles. The van der Waals surface area contributed by atoms with Crippen molar-refractivity contribution in [1.29, 1.82) is 0 Å². The predicted molar refractivity (Wildman–Crippen MR) is 88.8 cm³/mol. The van der Waals surface area contributed by atoms with Gasteiger partial charge in [-0.05, 0) is 48.3 Å². The van der Waals surface area contributed by atoms with E-state index in [1.807, 2.05) is 0 Å². The Morgan fingerprint density at radius 3 is 2.73 bits per heavy atom. The Hall–Kier alpha value is -1.55. The minimum absolute atomic E-state index is 0.0366. The molecule has 0 bridgehead atoms. The molecule has 3 rings (SSSR count). The van der Waals surface area contributed by atoms with Gasteiger partial charge >= 0.3 is 6.03 Å². The molecule has 1 aromatic rings. The normalized spacial score (nSPS) is 27.0. The van der Waals surface area contributed by atoms with Gasteiger partial charge in [0.1, 0.15) is 0 Å². The summed E-state index contributed by atoms with van der Waals surface area (Å²) in [6.45, 7) is 7.13. The molecular formula is C18H27N3O. The summed E-state index contributed by atoms with van der Waals surface area (Å²) in [5.41, 5.74) is 2.48. The Morgan fingerprint density at radius 1 is 1.23 bits per heavy atom. The Bertz CT molecular complexity index is 512. The van der Waals surface area contributed by atoms with E-state index in [9.17, 15) is 4.79 Å². The number of carbonyl (C=O) groups is 1. The van der Waals surface area contributed by atoms with Crippen LogP contribution in [0.2, 0.25) is 0 Å². The van der Waals surface area contributed by atoms with Gasteiger partial charge in [-0.15, -0.1) is 0 Å². The molecule has 2 amide bonds. The summed E-state index contributed by atoms with van der Waals surface area (Å²) < 4.78 is 0. The highest BCUT2D eigenvalue weighted by atomic mass is 16.2. The topological polar surface area (TPSA) is 53.2 Å². The van der Waals surface area contributed by atoms with Gasteiger partial charge < -0.3 is 16.0 Å². The van der Waals surface area contributed by atoms with E-state index >= 15 is 0 Å². The molecular weight excluding hydrogens is 274 g/mol. The molecule has 0 radical (unpaired) electrons. The predicted octanol–water partition coefficient (Wildman–Crippen LogP) is 2.61. The van der Waals surface area contributed by atoms with E-state index in [1.54, 1.807) is 0 Å². The average Bonchev–Trinajstić information content (AvgIpc) is 3.11. The van der Waals surface area contributed by atoms with Crippen molar-refractivity contribution < 1.29 is 4.79 Å². The van der Waals surface area contributed by atoms with Crippen molar-refractivity contribution in [3.63, 3.8) is 0 Å². The third kappa shape index (κ3) is 3.43. The van der Waals surface area contributed by atoms with E-state index in [1.165, 1.54) is 12.0 Å². The molecule has 120 valence electrons. The molecule has 0 aromatic heterocycles. The monoisotopic (exact) mass is 301 g/mol. The van der Waals surface area contributed by atoms with Gasteiger partial charge in [-0.2, -0.15) is 0 Å². The van der Waals surface area contributed by atoms with Gasteiger partial charge in [-0.3, -0.25) is 0 Å². The Balaban J connectivity index is 1.46. The van der Waals surface area contributed by atoms with Crippen LogP contribution in [0.4, 0.5) is 4.79 Å². The van der Waals surface area contributed by atoms with Crippen molar-refractivity contribution in [2.75, 3.05) is 13.1 Å². The van der Waals surface area contributed by atoms with E-state index in [0.717, 1.165) is 31.0 Å². The lowest BCUT2D eigenvalue weighted by Gasteiger charge is -2.19. The lowest BCUT2D eigenvalue weighted by molar-refractivity contribution is 0.233. The van der Waals surface area contributed by atoms with Crippen LogP contribution < -0.4 is 16.0 Å². The number of carbonyl (C=O) groups excluding carboxylic acids is 1. The fourth-order valence-corrected chi connectivity index (χ4v) is 3.75. The van der Waals surface area contributed by atoms with E-state index < -0.39 is 0 Å².